The summed E-state index contributed by atoms with van der Waals surface area (Å²) in [5, 5.41) is 0. The maximum atomic E-state index is 11.9. The Hall–Kier alpha value is -0.860. The van der Waals surface area contributed by atoms with Gasteiger partial charge in [-0.2, -0.15) is 0 Å². The first-order valence-electron chi connectivity index (χ1n) is 3.14. The van der Waals surface area contributed by atoms with Crippen molar-refractivity contribution in [3.63, 3.8) is 0 Å². The average molecular weight is 145 g/mol. The molecule has 0 saturated carbocycles. The Labute approximate surface area is 60.3 Å². The summed E-state index contributed by atoms with van der Waals surface area (Å²) in [6.45, 7) is 1.74. The van der Waals surface area contributed by atoms with Crippen molar-refractivity contribution in [2.75, 3.05) is 14.1 Å². The molecule has 0 saturated heterocycles. The molecule has 0 rings (SSSR count). The summed E-state index contributed by atoms with van der Waals surface area (Å²) in [6.07, 6.45) is 0.801. The van der Waals surface area contributed by atoms with Crippen LogP contribution in [0.15, 0.2) is 11.9 Å². The molecule has 2 nitrogen and oxygen atoms in total. The minimum Gasteiger partial charge on any atom is -0.345 e. The van der Waals surface area contributed by atoms with Gasteiger partial charge in [0.1, 0.15) is 0 Å². The number of carbonyl (C=O) groups excluding carboxylic acids is 1. The Bertz CT molecular complexity index is 152. The quantitative estimate of drug-likeness (QED) is 0.537. The van der Waals surface area contributed by atoms with Crippen molar-refractivity contribution in [2.24, 2.45) is 0 Å². The summed E-state index contributed by atoms with van der Waals surface area (Å²) < 4.78 is 11.9. The lowest BCUT2D eigenvalue weighted by Crippen LogP contribution is -2.22. The highest BCUT2D eigenvalue weighted by Crippen LogP contribution is 2.03. The van der Waals surface area contributed by atoms with Gasteiger partial charge in [-0.1, -0.05) is 6.92 Å². The molecule has 1 amide bonds. The van der Waals surface area contributed by atoms with Crippen molar-refractivity contribution in [1.82, 2.24) is 4.90 Å². The molecule has 0 atom stereocenters. The molecule has 0 unspecified atom stereocenters. The van der Waals surface area contributed by atoms with E-state index in [2.05, 4.69) is 0 Å². The fourth-order valence-electron chi connectivity index (χ4n) is 0.562. The van der Waals surface area contributed by atoms with E-state index >= 15 is 0 Å². The highest BCUT2D eigenvalue weighted by molar-refractivity contribution is 5.92. The Morgan fingerprint density at radius 2 is 2.10 bits per heavy atom. The summed E-state index contributed by atoms with van der Waals surface area (Å²) >= 11 is 0. The summed E-state index contributed by atoms with van der Waals surface area (Å²) in [4.78, 5) is 12.3. The van der Waals surface area contributed by atoms with Gasteiger partial charge in [0.25, 0.3) is 5.91 Å². The van der Waals surface area contributed by atoms with Crippen LogP contribution in [-0.4, -0.2) is 24.9 Å². The number of likely N-dealkylation sites (N-methyl/N-ethyl adjacent to an activating group) is 1. The predicted octanol–water partition coefficient (Wildman–Crippen LogP) is 1.34. The minimum absolute atomic E-state index is 0.213. The molecule has 0 bridgehead atoms. The van der Waals surface area contributed by atoms with E-state index in [1.54, 1.807) is 21.0 Å². The van der Waals surface area contributed by atoms with Crippen LogP contribution in [0.3, 0.4) is 0 Å². The van der Waals surface area contributed by atoms with Gasteiger partial charge in [0.15, 0.2) is 0 Å². The van der Waals surface area contributed by atoms with Crippen LogP contribution in [-0.2, 0) is 4.79 Å². The maximum Gasteiger partial charge on any atom is 0.251 e. The molecule has 58 valence electrons. The van der Waals surface area contributed by atoms with Crippen molar-refractivity contribution in [2.45, 2.75) is 13.3 Å². The lowest BCUT2D eigenvalue weighted by Gasteiger charge is -2.10. The van der Waals surface area contributed by atoms with Crippen molar-refractivity contribution in [1.29, 1.82) is 0 Å². The summed E-state index contributed by atoms with van der Waals surface area (Å²) in [5.41, 5.74) is 0.213. The number of nitrogens with zero attached hydrogens (tertiary/aromatic N) is 1. The molecular formula is C7H12FNO. The molecule has 0 heterocycles. The maximum absolute atomic E-state index is 11.9. The Morgan fingerprint density at radius 3 is 2.20 bits per heavy atom. The fourth-order valence-corrected chi connectivity index (χ4v) is 0.562. The Kier molecular flexibility index (Phi) is 3.69. The van der Waals surface area contributed by atoms with Crippen LogP contribution in [0.2, 0.25) is 0 Å². The van der Waals surface area contributed by atoms with Gasteiger partial charge in [-0.15, -0.1) is 0 Å². The monoisotopic (exact) mass is 145 g/mol. The molecule has 0 aliphatic heterocycles. The second kappa shape index (κ2) is 4.04. The second-order valence-electron chi connectivity index (χ2n) is 2.19. The SMILES string of the molecule is CC/C(=C\F)C(=O)N(C)C. The molecule has 0 spiro atoms. The zero-order valence-corrected chi connectivity index (χ0v) is 6.52. The largest absolute Gasteiger partial charge is 0.345 e. The zero-order chi connectivity index (χ0) is 8.15. The molecule has 0 aromatic heterocycles. The van der Waals surface area contributed by atoms with E-state index in [-0.39, 0.29) is 11.5 Å². The number of hydrogen-bond acceptors (Lipinski definition) is 1. The van der Waals surface area contributed by atoms with E-state index in [1.165, 1.54) is 4.90 Å². The van der Waals surface area contributed by atoms with Crippen LogP contribution in [0.25, 0.3) is 0 Å². The van der Waals surface area contributed by atoms with Gasteiger partial charge in [0.05, 0.1) is 6.33 Å². The van der Waals surface area contributed by atoms with Gasteiger partial charge in [-0.05, 0) is 6.42 Å². The fraction of sp³-hybridized carbons (Fsp3) is 0.571. The van der Waals surface area contributed by atoms with Crippen LogP contribution < -0.4 is 0 Å². The van der Waals surface area contributed by atoms with E-state index in [0.29, 0.717) is 12.8 Å². The van der Waals surface area contributed by atoms with Crippen molar-refractivity contribution >= 4 is 5.91 Å². The second-order valence-corrected chi connectivity index (χ2v) is 2.19. The van der Waals surface area contributed by atoms with Gasteiger partial charge < -0.3 is 4.90 Å². The lowest BCUT2D eigenvalue weighted by atomic mass is 10.2. The molecule has 0 fully saturated rings. The smallest absolute Gasteiger partial charge is 0.251 e. The van der Waals surface area contributed by atoms with Crippen LogP contribution in [0.5, 0.6) is 0 Å². The molecule has 3 heteroatoms. The number of halogens is 1. The van der Waals surface area contributed by atoms with Gasteiger partial charge in [0.2, 0.25) is 0 Å². The van der Waals surface area contributed by atoms with E-state index in [4.69, 9.17) is 0 Å². The molecular weight excluding hydrogens is 133 g/mol. The topological polar surface area (TPSA) is 20.3 Å². The van der Waals surface area contributed by atoms with Crippen molar-refractivity contribution < 1.29 is 9.18 Å². The first kappa shape index (κ1) is 9.14. The number of hydrogen-bond donors (Lipinski definition) is 0. The van der Waals surface area contributed by atoms with Gasteiger partial charge in [-0.3, -0.25) is 4.79 Å². The van der Waals surface area contributed by atoms with Gasteiger partial charge in [0, 0.05) is 19.7 Å². The summed E-state index contributed by atoms with van der Waals surface area (Å²) in [7, 11) is 3.20. The molecule has 0 aliphatic carbocycles. The van der Waals surface area contributed by atoms with Gasteiger partial charge >= 0.3 is 0 Å². The van der Waals surface area contributed by atoms with Crippen LogP contribution in [0.4, 0.5) is 4.39 Å². The Morgan fingerprint density at radius 1 is 1.60 bits per heavy atom. The third kappa shape index (κ3) is 2.17. The molecule has 0 aliphatic rings. The Balaban J connectivity index is 4.18. The first-order chi connectivity index (χ1) is 4.63. The normalized spacial score (nSPS) is 11.4. The minimum atomic E-state index is -0.259. The molecule has 0 aromatic rings. The van der Waals surface area contributed by atoms with Crippen LogP contribution in [0, 0.1) is 0 Å². The van der Waals surface area contributed by atoms with Crippen LogP contribution >= 0.6 is 0 Å². The van der Waals surface area contributed by atoms with Crippen LogP contribution in [0.1, 0.15) is 13.3 Å². The zero-order valence-electron chi connectivity index (χ0n) is 6.52. The number of carbonyl (C=O) groups is 1. The first-order valence-corrected chi connectivity index (χ1v) is 3.14. The molecule has 0 N–H and O–H groups in total. The van der Waals surface area contributed by atoms with E-state index < -0.39 is 0 Å². The molecule has 0 aromatic carbocycles. The summed E-state index contributed by atoms with van der Waals surface area (Å²) in [5.74, 6) is -0.259. The molecule has 0 radical (unpaired) electrons. The highest BCUT2D eigenvalue weighted by atomic mass is 19.1. The highest BCUT2D eigenvalue weighted by Gasteiger charge is 2.08. The third-order valence-corrected chi connectivity index (χ3v) is 1.19. The van der Waals surface area contributed by atoms with Crippen molar-refractivity contribution in [3.8, 4) is 0 Å². The number of rotatable bonds is 2. The lowest BCUT2D eigenvalue weighted by molar-refractivity contribution is -0.124. The van der Waals surface area contributed by atoms with E-state index in [9.17, 15) is 9.18 Å². The number of amides is 1. The van der Waals surface area contributed by atoms with Gasteiger partial charge in [-0.25, -0.2) is 4.39 Å². The molecule has 10 heavy (non-hydrogen) atoms. The summed E-state index contributed by atoms with van der Waals surface area (Å²) in [6, 6.07) is 0. The standard InChI is InChI=1S/C7H12FNO/c1-4-6(5-8)7(10)9(2)3/h5H,4H2,1-3H3/b6-5+. The third-order valence-electron chi connectivity index (χ3n) is 1.19. The van der Waals surface area contributed by atoms with E-state index in [0.717, 1.165) is 0 Å². The van der Waals surface area contributed by atoms with E-state index in [1.807, 2.05) is 0 Å². The average Bonchev–Trinajstić information content (AvgIpc) is 1.90. The van der Waals surface area contributed by atoms with Crippen molar-refractivity contribution in [3.05, 3.63) is 11.9 Å². The predicted molar refractivity (Wildman–Crippen MR) is 38.2 cm³/mol.